The smallest absolute Gasteiger partial charge is 0.300 e. The maximum absolute atomic E-state index is 13.5. The lowest BCUT2D eigenvalue weighted by molar-refractivity contribution is -0.132. The van der Waals surface area contributed by atoms with Gasteiger partial charge in [0.15, 0.2) is 0 Å². The molecule has 0 bridgehead atoms. The average molecular weight is 417 g/mol. The lowest BCUT2D eigenvalue weighted by Gasteiger charge is -2.25. The lowest BCUT2D eigenvalue weighted by atomic mass is 9.94. The summed E-state index contributed by atoms with van der Waals surface area (Å²) in [5.41, 5.74) is 2.26. The van der Waals surface area contributed by atoms with Crippen LogP contribution in [0.5, 0.6) is 5.75 Å². The van der Waals surface area contributed by atoms with Gasteiger partial charge in [0.2, 0.25) is 0 Å². The van der Waals surface area contributed by atoms with Crippen LogP contribution in [0.25, 0.3) is 5.76 Å². The van der Waals surface area contributed by atoms with E-state index in [4.69, 9.17) is 0 Å². The monoisotopic (exact) mass is 417 g/mol. The number of ketones is 1. The number of rotatable bonds is 4. The molecule has 0 aliphatic carbocycles. The molecule has 1 aliphatic rings. The van der Waals surface area contributed by atoms with Gasteiger partial charge < -0.3 is 10.2 Å². The van der Waals surface area contributed by atoms with E-state index in [2.05, 4.69) is 0 Å². The highest BCUT2D eigenvalue weighted by Crippen LogP contribution is 2.42. The van der Waals surface area contributed by atoms with Gasteiger partial charge in [-0.3, -0.25) is 14.5 Å². The van der Waals surface area contributed by atoms with Crippen LogP contribution in [0.15, 0.2) is 78.4 Å². The van der Waals surface area contributed by atoms with Gasteiger partial charge in [-0.05, 0) is 53.9 Å². The van der Waals surface area contributed by atoms with Crippen molar-refractivity contribution in [3.8, 4) is 5.75 Å². The zero-order valence-corrected chi connectivity index (χ0v) is 16.7. The Balaban J connectivity index is 1.91. The Hall–Kier alpha value is -3.93. The van der Waals surface area contributed by atoms with E-state index < -0.39 is 23.5 Å². The molecule has 6 heteroatoms. The molecular formula is C25H20FNO4. The van der Waals surface area contributed by atoms with Crippen LogP contribution in [0.4, 0.5) is 10.1 Å². The molecule has 3 aromatic carbocycles. The van der Waals surface area contributed by atoms with E-state index >= 15 is 0 Å². The number of nitrogens with zero attached hydrogens (tertiary/aromatic N) is 1. The largest absolute Gasteiger partial charge is 0.508 e. The van der Waals surface area contributed by atoms with Crippen LogP contribution in [-0.4, -0.2) is 21.9 Å². The number of amides is 1. The molecule has 2 N–H and O–H groups in total. The second kappa shape index (κ2) is 8.07. The molecule has 1 aliphatic heterocycles. The van der Waals surface area contributed by atoms with Crippen LogP contribution < -0.4 is 4.90 Å². The fraction of sp³-hybridized carbons (Fsp3) is 0.120. The molecule has 1 atom stereocenters. The predicted octanol–water partition coefficient (Wildman–Crippen LogP) is 4.72. The number of anilines is 1. The molecule has 0 radical (unpaired) electrons. The standard InChI is InChI=1S/C25H20FNO4/c1-2-15-3-5-17(6-4-15)23(29)21-22(16-7-13-20(28)14-8-16)27(25(31)24(21)30)19-11-9-18(26)10-12-19/h3-14,22,28-29H,2H2,1H3/b23-21+. The molecule has 1 unspecified atom stereocenters. The van der Waals surface area contributed by atoms with Crippen molar-refractivity contribution in [3.63, 3.8) is 0 Å². The highest BCUT2D eigenvalue weighted by Gasteiger charge is 2.46. The number of phenolic OH excluding ortho intramolecular Hbond substituents is 1. The van der Waals surface area contributed by atoms with Crippen molar-refractivity contribution in [1.82, 2.24) is 0 Å². The van der Waals surface area contributed by atoms with E-state index in [0.717, 1.165) is 12.0 Å². The maximum Gasteiger partial charge on any atom is 0.300 e. The Morgan fingerprint density at radius 3 is 2.13 bits per heavy atom. The summed E-state index contributed by atoms with van der Waals surface area (Å²) in [6.45, 7) is 2.01. The summed E-state index contributed by atoms with van der Waals surface area (Å²) in [5, 5.41) is 20.7. The Morgan fingerprint density at radius 1 is 0.935 bits per heavy atom. The number of phenols is 1. The Morgan fingerprint density at radius 2 is 1.55 bits per heavy atom. The average Bonchev–Trinajstić information content (AvgIpc) is 3.05. The first-order chi connectivity index (χ1) is 14.9. The summed E-state index contributed by atoms with van der Waals surface area (Å²) in [6, 6.07) is 17.4. The van der Waals surface area contributed by atoms with E-state index in [0.29, 0.717) is 16.8 Å². The van der Waals surface area contributed by atoms with Crippen LogP contribution in [0.2, 0.25) is 0 Å². The first-order valence-corrected chi connectivity index (χ1v) is 9.85. The first kappa shape index (κ1) is 20.3. The third kappa shape index (κ3) is 3.68. The van der Waals surface area contributed by atoms with Gasteiger partial charge in [0.05, 0.1) is 11.6 Å². The molecule has 1 amide bonds. The Bertz CT molecular complexity index is 1170. The minimum absolute atomic E-state index is 0.0256. The number of carbonyl (C=O) groups is 2. The fourth-order valence-electron chi connectivity index (χ4n) is 3.73. The molecule has 0 saturated carbocycles. The minimum atomic E-state index is -0.933. The normalized spacial score (nSPS) is 17.9. The molecule has 1 heterocycles. The molecule has 156 valence electrons. The number of aliphatic hydroxyl groups is 1. The number of aliphatic hydroxyl groups excluding tert-OH is 1. The lowest BCUT2D eigenvalue weighted by Crippen LogP contribution is -2.29. The number of halogens is 1. The third-order valence-corrected chi connectivity index (χ3v) is 5.39. The third-order valence-electron chi connectivity index (χ3n) is 5.39. The summed E-state index contributed by atoms with van der Waals surface area (Å²) in [6.07, 6.45) is 0.823. The molecule has 1 fully saturated rings. The number of Topliss-reactive ketones (excluding diaryl/α,β-unsaturated/α-hetero) is 1. The number of benzene rings is 3. The van der Waals surface area contributed by atoms with Gasteiger partial charge in [0, 0.05) is 11.3 Å². The summed E-state index contributed by atoms with van der Waals surface area (Å²) < 4.78 is 13.5. The summed E-state index contributed by atoms with van der Waals surface area (Å²) in [4.78, 5) is 27.2. The first-order valence-electron chi connectivity index (χ1n) is 9.85. The summed E-state index contributed by atoms with van der Waals surface area (Å²) in [7, 11) is 0. The van der Waals surface area contributed by atoms with Crippen LogP contribution in [0.1, 0.15) is 29.7 Å². The topological polar surface area (TPSA) is 77.8 Å². The van der Waals surface area contributed by atoms with Crippen molar-refractivity contribution < 1.29 is 24.2 Å². The van der Waals surface area contributed by atoms with Crippen molar-refractivity contribution in [2.45, 2.75) is 19.4 Å². The van der Waals surface area contributed by atoms with Crippen LogP contribution in [0, 0.1) is 5.82 Å². The second-order valence-electron chi connectivity index (χ2n) is 7.29. The van der Waals surface area contributed by atoms with Gasteiger partial charge in [0.1, 0.15) is 17.3 Å². The Kier molecular flexibility index (Phi) is 5.29. The van der Waals surface area contributed by atoms with Gasteiger partial charge >= 0.3 is 0 Å². The van der Waals surface area contributed by atoms with E-state index in [9.17, 15) is 24.2 Å². The molecule has 5 nitrogen and oxygen atoms in total. The number of aromatic hydroxyl groups is 1. The molecule has 0 aromatic heterocycles. The number of hydrogen-bond acceptors (Lipinski definition) is 4. The van der Waals surface area contributed by atoms with Crippen LogP contribution >= 0.6 is 0 Å². The Labute approximate surface area is 178 Å². The SMILES string of the molecule is CCc1ccc(/C(O)=C2\C(=O)C(=O)N(c3ccc(F)cc3)C2c2ccc(O)cc2)cc1. The zero-order chi connectivity index (χ0) is 22.1. The van der Waals surface area contributed by atoms with Gasteiger partial charge in [-0.15, -0.1) is 0 Å². The summed E-state index contributed by atoms with van der Waals surface area (Å²) in [5.74, 6) is -2.39. The van der Waals surface area contributed by atoms with Crippen LogP contribution in [0.3, 0.4) is 0 Å². The van der Waals surface area contributed by atoms with E-state index in [1.54, 1.807) is 24.3 Å². The van der Waals surface area contributed by atoms with Crippen LogP contribution in [-0.2, 0) is 16.0 Å². The van der Waals surface area contributed by atoms with Gasteiger partial charge in [0.25, 0.3) is 11.7 Å². The highest BCUT2D eigenvalue weighted by atomic mass is 19.1. The van der Waals surface area contributed by atoms with Crippen molar-refractivity contribution >= 4 is 23.1 Å². The highest BCUT2D eigenvalue weighted by molar-refractivity contribution is 6.51. The van der Waals surface area contributed by atoms with Gasteiger partial charge in [-0.25, -0.2) is 4.39 Å². The zero-order valence-electron chi connectivity index (χ0n) is 16.7. The van der Waals surface area contributed by atoms with Crippen molar-refractivity contribution in [3.05, 3.63) is 101 Å². The minimum Gasteiger partial charge on any atom is -0.508 e. The number of carbonyl (C=O) groups excluding carboxylic acids is 2. The van der Waals surface area contributed by atoms with Gasteiger partial charge in [-0.2, -0.15) is 0 Å². The summed E-state index contributed by atoms with van der Waals surface area (Å²) >= 11 is 0. The molecule has 0 spiro atoms. The predicted molar refractivity (Wildman–Crippen MR) is 115 cm³/mol. The van der Waals surface area contributed by atoms with E-state index in [1.165, 1.54) is 41.3 Å². The molecule has 1 saturated heterocycles. The number of aryl methyl sites for hydroxylation is 1. The van der Waals surface area contributed by atoms with Gasteiger partial charge in [-0.1, -0.05) is 43.3 Å². The number of hydrogen-bond donors (Lipinski definition) is 2. The quantitative estimate of drug-likeness (QED) is 0.366. The molecule has 31 heavy (non-hydrogen) atoms. The van der Waals surface area contributed by atoms with E-state index in [1.807, 2.05) is 19.1 Å². The molecular weight excluding hydrogens is 397 g/mol. The van der Waals surface area contributed by atoms with Crippen molar-refractivity contribution in [2.24, 2.45) is 0 Å². The molecule has 4 rings (SSSR count). The maximum atomic E-state index is 13.5. The fourth-order valence-corrected chi connectivity index (χ4v) is 3.73. The molecule has 3 aromatic rings. The second-order valence-corrected chi connectivity index (χ2v) is 7.29. The van der Waals surface area contributed by atoms with E-state index in [-0.39, 0.29) is 17.1 Å². The van der Waals surface area contributed by atoms with Crippen molar-refractivity contribution in [1.29, 1.82) is 0 Å². The van der Waals surface area contributed by atoms with Crippen molar-refractivity contribution in [2.75, 3.05) is 4.90 Å².